The van der Waals surface area contributed by atoms with Gasteiger partial charge in [-0.15, -0.1) is 0 Å². The van der Waals surface area contributed by atoms with E-state index in [0.29, 0.717) is 0 Å². The molecule has 2 unspecified atom stereocenters. The molecule has 2 aliphatic rings. The van der Waals surface area contributed by atoms with E-state index < -0.39 is 21.5 Å². The molecule has 1 aromatic heterocycles. The van der Waals surface area contributed by atoms with Gasteiger partial charge < -0.3 is 0 Å². The second-order valence-corrected chi connectivity index (χ2v) is 9.98. The molecule has 5 rings (SSSR count). The van der Waals surface area contributed by atoms with Crippen molar-refractivity contribution < 1.29 is 26.3 Å². The summed E-state index contributed by atoms with van der Waals surface area (Å²) in [4.78, 5) is 17.0. The van der Waals surface area contributed by atoms with Crippen LogP contribution in [0.4, 0.5) is 22.0 Å². The van der Waals surface area contributed by atoms with Gasteiger partial charge in [-0.2, -0.15) is 0 Å². The zero-order chi connectivity index (χ0) is 18.2. The molecule has 1 saturated heterocycles. The van der Waals surface area contributed by atoms with Gasteiger partial charge in [-0.25, -0.2) is 0 Å². The van der Waals surface area contributed by atoms with Crippen molar-refractivity contribution in [3.63, 3.8) is 0 Å². The summed E-state index contributed by atoms with van der Waals surface area (Å²) in [7, 11) is 0. The Morgan fingerprint density at radius 2 is 1.85 bits per heavy atom. The zero-order valence-electron chi connectivity index (χ0n) is 14.7. The van der Waals surface area contributed by atoms with Gasteiger partial charge in [0.2, 0.25) is 0 Å². The number of rotatable bonds is 5. The summed E-state index contributed by atoms with van der Waals surface area (Å²) in [5, 5.41) is 8.56. The van der Waals surface area contributed by atoms with Gasteiger partial charge in [0.15, 0.2) is 0 Å². The fourth-order valence-electron chi connectivity index (χ4n) is 3.66. The van der Waals surface area contributed by atoms with Crippen LogP contribution < -0.4 is 32.1 Å². The number of piperidine rings is 1. The van der Waals surface area contributed by atoms with Gasteiger partial charge in [-0.05, 0) is 0 Å². The van der Waals surface area contributed by atoms with Crippen LogP contribution in [0.2, 0.25) is 0 Å². The number of aromatic nitrogens is 1. The van der Waals surface area contributed by atoms with Crippen molar-refractivity contribution in [3.05, 3.63) is 60.8 Å². The number of hydrogen-bond donors (Lipinski definition) is 2. The average molecular weight is 471 g/mol. The molecule has 0 spiro atoms. The van der Waals surface area contributed by atoms with Gasteiger partial charge >= 0.3 is 169 Å². The third kappa shape index (κ3) is 3.77. The first-order valence-electron chi connectivity index (χ1n) is 9.16. The number of carbonyl (C=O) groups excluding carboxylic acids is 1. The van der Waals surface area contributed by atoms with E-state index >= 15 is 0 Å². The van der Waals surface area contributed by atoms with Crippen LogP contribution in [-0.4, -0.2) is 25.1 Å². The monoisotopic (exact) mass is 471 g/mol. The molecule has 1 aliphatic carbocycles. The summed E-state index contributed by atoms with van der Waals surface area (Å²) in [6.07, 6.45) is 3.17. The molecular formula is C21H20IN4O-. The van der Waals surface area contributed by atoms with Crippen LogP contribution >= 0.6 is 0 Å². The fraction of sp³-hybridized carbons (Fsp3) is 0.238. The van der Waals surface area contributed by atoms with E-state index in [1.54, 1.807) is 6.20 Å². The number of benzene rings is 2. The summed E-state index contributed by atoms with van der Waals surface area (Å²) in [6, 6.07) is 18.0. The van der Waals surface area contributed by atoms with Gasteiger partial charge in [-0.1, -0.05) is 0 Å². The van der Waals surface area contributed by atoms with Crippen LogP contribution in [0.5, 0.6) is 0 Å². The van der Waals surface area contributed by atoms with Crippen molar-refractivity contribution in [2.75, 3.05) is 23.7 Å². The second kappa shape index (κ2) is 7.09. The number of pyridine rings is 1. The molecule has 1 aliphatic heterocycles. The first-order chi connectivity index (χ1) is 13.2. The molecule has 138 valence electrons. The number of para-hydroxylation sites is 1. The normalized spacial score (nSPS) is 21.2. The number of halogens is 1. The van der Waals surface area contributed by atoms with Crippen molar-refractivity contribution in [1.82, 2.24) is 8.10 Å². The third-order valence-electron chi connectivity index (χ3n) is 5.18. The molecule has 2 fully saturated rings. The van der Waals surface area contributed by atoms with Crippen molar-refractivity contribution in [2.45, 2.75) is 6.42 Å². The van der Waals surface area contributed by atoms with Crippen molar-refractivity contribution in [3.8, 4) is 0 Å². The topological polar surface area (TPSA) is 57.3 Å². The molecule has 1 amide bonds. The molecule has 3 aromatic rings. The van der Waals surface area contributed by atoms with Crippen LogP contribution in [-0.2, 0) is 0 Å². The average Bonchev–Trinajstić information content (AvgIpc) is 3.29. The fourth-order valence-corrected chi connectivity index (χ4v) is 6.11. The summed E-state index contributed by atoms with van der Waals surface area (Å²) in [5.41, 5.74) is 1.83. The number of hydrogen-bond acceptors (Lipinski definition) is 4. The Kier molecular flexibility index (Phi) is 4.45. The van der Waals surface area contributed by atoms with Crippen LogP contribution in [0.1, 0.15) is 6.42 Å². The Hall–Kier alpha value is -2.19. The van der Waals surface area contributed by atoms with Gasteiger partial charge in [0, 0.05) is 0 Å². The van der Waals surface area contributed by atoms with Crippen molar-refractivity contribution in [2.24, 2.45) is 11.8 Å². The standard InChI is InChI=1S/C21H20IN4O/c27-21(22-26-12-15-10-16(15)13-26)25-18-7-6-14-8-9-23-20(19(14)11-18)24-17-4-2-1-3-5-17/h1-9,11,15-16H,10,12-13H2,(H,23,24)(H,25,27)/q-1. The van der Waals surface area contributed by atoms with Crippen LogP contribution in [0.15, 0.2) is 60.8 Å². The molecule has 27 heavy (non-hydrogen) atoms. The summed E-state index contributed by atoms with van der Waals surface area (Å²) >= 11 is -0.605. The first kappa shape index (κ1) is 16.9. The Labute approximate surface area is 168 Å². The van der Waals surface area contributed by atoms with Gasteiger partial charge in [0.1, 0.15) is 0 Å². The molecule has 0 bridgehead atoms. The van der Waals surface area contributed by atoms with Crippen molar-refractivity contribution >= 4 is 31.9 Å². The number of nitrogens with one attached hydrogen (secondary N) is 2. The van der Waals surface area contributed by atoms with E-state index in [1.165, 1.54) is 6.42 Å². The number of fused-ring (bicyclic) bond motifs is 2. The van der Waals surface area contributed by atoms with Gasteiger partial charge in [0.05, 0.1) is 0 Å². The van der Waals surface area contributed by atoms with E-state index in [4.69, 9.17) is 0 Å². The van der Waals surface area contributed by atoms with Crippen LogP contribution in [0, 0.1) is 11.8 Å². The SMILES string of the molecule is O=C(Nc1ccc2ccnc(Nc3ccccc3)c2c1)[I-]N1CC2CC2C1. The van der Waals surface area contributed by atoms with E-state index in [1.807, 2.05) is 54.6 Å². The van der Waals surface area contributed by atoms with Crippen molar-refractivity contribution in [1.29, 1.82) is 0 Å². The molecule has 0 radical (unpaired) electrons. The number of anilines is 3. The Morgan fingerprint density at radius 3 is 2.67 bits per heavy atom. The van der Waals surface area contributed by atoms with E-state index in [2.05, 4.69) is 18.7 Å². The minimum absolute atomic E-state index is 0.163. The molecule has 1 saturated carbocycles. The number of carbonyl (C=O) groups is 1. The predicted octanol–water partition coefficient (Wildman–Crippen LogP) is 1.47. The summed E-state index contributed by atoms with van der Waals surface area (Å²) in [5.74, 6) is 2.54. The van der Waals surface area contributed by atoms with E-state index in [0.717, 1.165) is 52.9 Å². The molecular weight excluding hydrogens is 451 g/mol. The maximum absolute atomic E-state index is 12.5. The summed E-state index contributed by atoms with van der Waals surface area (Å²) < 4.78 is 2.54. The van der Waals surface area contributed by atoms with E-state index in [9.17, 15) is 4.79 Å². The Balaban J connectivity index is 1.34. The Morgan fingerprint density at radius 1 is 1.04 bits per heavy atom. The molecule has 2 atom stereocenters. The molecule has 2 heterocycles. The number of amides is 1. The van der Waals surface area contributed by atoms with Crippen LogP contribution in [0.3, 0.4) is 0 Å². The van der Waals surface area contributed by atoms with Gasteiger partial charge in [0.25, 0.3) is 0 Å². The van der Waals surface area contributed by atoms with E-state index in [-0.39, 0.29) is 3.91 Å². The molecule has 2 aromatic carbocycles. The minimum atomic E-state index is -0.605. The molecule has 6 heteroatoms. The summed E-state index contributed by atoms with van der Waals surface area (Å²) in [6.45, 7) is 2.25. The van der Waals surface area contributed by atoms with Gasteiger partial charge in [-0.3, -0.25) is 0 Å². The first-order valence-corrected chi connectivity index (χ1v) is 11.2. The maximum atomic E-state index is 12.5. The second-order valence-electron chi connectivity index (χ2n) is 7.15. The Bertz CT molecular complexity index is 984. The molecule has 2 N–H and O–H groups in total. The quantitative estimate of drug-likeness (QED) is 0.256. The van der Waals surface area contributed by atoms with Crippen LogP contribution in [0.25, 0.3) is 10.8 Å². The zero-order valence-corrected chi connectivity index (χ0v) is 16.9. The predicted molar refractivity (Wildman–Crippen MR) is 104 cm³/mol. The number of nitrogens with zero attached hydrogens (tertiary/aromatic N) is 2. The third-order valence-corrected chi connectivity index (χ3v) is 7.35. The molecule has 5 nitrogen and oxygen atoms in total.